The maximum atomic E-state index is 12.6. The van der Waals surface area contributed by atoms with Crippen LogP contribution >= 0.6 is 0 Å². The maximum absolute atomic E-state index is 12.6. The zero-order valence-electron chi connectivity index (χ0n) is 13.9. The molecule has 1 amide bonds. The normalized spacial score (nSPS) is 14.1. The van der Waals surface area contributed by atoms with Crippen molar-refractivity contribution in [3.05, 3.63) is 54.1 Å². The van der Waals surface area contributed by atoms with E-state index in [0.717, 1.165) is 30.0 Å². The summed E-state index contributed by atoms with van der Waals surface area (Å²) in [7, 11) is 1.62. The monoisotopic (exact) mass is 322 g/mol. The van der Waals surface area contributed by atoms with E-state index in [1.165, 1.54) is 25.0 Å². The fourth-order valence-electron chi connectivity index (χ4n) is 2.88. The van der Waals surface area contributed by atoms with E-state index in [1.54, 1.807) is 7.11 Å². The molecule has 1 saturated carbocycles. The fraction of sp³-hybridized carbons (Fsp3) is 0.300. The Balaban J connectivity index is 1.79. The summed E-state index contributed by atoms with van der Waals surface area (Å²) in [5.41, 5.74) is 3.29. The number of hydrogen-bond acceptors (Lipinski definition) is 3. The summed E-state index contributed by atoms with van der Waals surface area (Å²) in [5.74, 6) is 0.619. The second kappa shape index (κ2) is 7.77. The standard InChI is InChI=1S/C20H22N2O2/c1-24-17-13-11-16(12-14-17)22-20(23)18-9-5-6-10-19(18)21-15-7-3-2-4-8-15/h5-6,9-14H,2-4,7-8H2,1H3,(H,22,23). The lowest BCUT2D eigenvalue weighted by Gasteiger charge is -2.13. The molecular formula is C20H22N2O2. The molecule has 1 aliphatic carbocycles. The number of anilines is 1. The van der Waals surface area contributed by atoms with Crippen LogP contribution < -0.4 is 10.1 Å². The number of amides is 1. The van der Waals surface area contributed by atoms with E-state index >= 15 is 0 Å². The van der Waals surface area contributed by atoms with Crippen LogP contribution in [0.4, 0.5) is 11.4 Å². The molecule has 2 aromatic carbocycles. The van der Waals surface area contributed by atoms with E-state index in [2.05, 4.69) is 5.32 Å². The Hall–Kier alpha value is -2.62. The van der Waals surface area contributed by atoms with Gasteiger partial charge in [0.15, 0.2) is 0 Å². The van der Waals surface area contributed by atoms with Crippen LogP contribution in [-0.2, 0) is 0 Å². The molecule has 2 aromatic rings. The van der Waals surface area contributed by atoms with Gasteiger partial charge in [0.25, 0.3) is 5.91 Å². The smallest absolute Gasteiger partial charge is 0.257 e. The average Bonchev–Trinajstić information content (AvgIpc) is 2.63. The molecule has 0 atom stereocenters. The fourth-order valence-corrected chi connectivity index (χ4v) is 2.88. The van der Waals surface area contributed by atoms with Crippen LogP contribution in [0.25, 0.3) is 0 Å². The molecule has 3 rings (SSSR count). The van der Waals surface area contributed by atoms with Crippen LogP contribution in [0.3, 0.4) is 0 Å². The van der Waals surface area contributed by atoms with Crippen molar-refractivity contribution in [3.63, 3.8) is 0 Å². The zero-order valence-corrected chi connectivity index (χ0v) is 13.9. The molecule has 0 bridgehead atoms. The molecule has 124 valence electrons. The molecule has 0 radical (unpaired) electrons. The topological polar surface area (TPSA) is 50.7 Å². The number of carbonyl (C=O) groups is 1. The molecule has 0 unspecified atom stereocenters. The number of benzene rings is 2. The van der Waals surface area contributed by atoms with Gasteiger partial charge < -0.3 is 10.1 Å². The van der Waals surface area contributed by atoms with Gasteiger partial charge in [-0.2, -0.15) is 0 Å². The molecule has 4 heteroatoms. The van der Waals surface area contributed by atoms with E-state index in [4.69, 9.17) is 9.73 Å². The predicted octanol–water partition coefficient (Wildman–Crippen LogP) is 4.98. The number of para-hydroxylation sites is 1. The highest BCUT2D eigenvalue weighted by atomic mass is 16.5. The predicted molar refractivity (Wildman–Crippen MR) is 97.6 cm³/mol. The van der Waals surface area contributed by atoms with Crippen molar-refractivity contribution in [2.24, 2.45) is 4.99 Å². The van der Waals surface area contributed by atoms with Gasteiger partial charge in [-0.25, -0.2) is 0 Å². The van der Waals surface area contributed by atoms with Crippen molar-refractivity contribution in [2.45, 2.75) is 32.1 Å². The molecule has 24 heavy (non-hydrogen) atoms. The molecule has 1 N–H and O–H groups in total. The minimum atomic E-state index is -0.143. The first kappa shape index (κ1) is 16.2. The third kappa shape index (κ3) is 4.02. The van der Waals surface area contributed by atoms with Crippen molar-refractivity contribution >= 4 is 23.0 Å². The number of carbonyl (C=O) groups excluding carboxylic acids is 1. The van der Waals surface area contributed by atoms with Crippen molar-refractivity contribution in [3.8, 4) is 5.75 Å². The molecular weight excluding hydrogens is 300 g/mol. The lowest BCUT2D eigenvalue weighted by atomic mass is 9.98. The van der Waals surface area contributed by atoms with Gasteiger partial charge in [0.05, 0.1) is 18.4 Å². The molecule has 0 spiro atoms. The Labute approximate surface area is 142 Å². The highest BCUT2D eigenvalue weighted by molar-refractivity contribution is 6.08. The van der Waals surface area contributed by atoms with Gasteiger partial charge in [0.2, 0.25) is 0 Å². The minimum Gasteiger partial charge on any atom is -0.497 e. The summed E-state index contributed by atoms with van der Waals surface area (Å²) < 4.78 is 5.13. The van der Waals surface area contributed by atoms with E-state index in [0.29, 0.717) is 5.56 Å². The number of aliphatic imine (C=N–C) groups is 1. The molecule has 1 fully saturated rings. The first-order valence-corrected chi connectivity index (χ1v) is 8.37. The summed E-state index contributed by atoms with van der Waals surface area (Å²) >= 11 is 0. The quantitative estimate of drug-likeness (QED) is 0.862. The van der Waals surface area contributed by atoms with E-state index in [1.807, 2.05) is 48.5 Å². The number of methoxy groups -OCH3 is 1. The van der Waals surface area contributed by atoms with E-state index < -0.39 is 0 Å². The van der Waals surface area contributed by atoms with Crippen molar-refractivity contribution < 1.29 is 9.53 Å². The first-order chi connectivity index (χ1) is 11.8. The van der Waals surface area contributed by atoms with Gasteiger partial charge in [-0.1, -0.05) is 18.6 Å². The summed E-state index contributed by atoms with van der Waals surface area (Å²) in [6, 6.07) is 14.8. The Morgan fingerprint density at radius 3 is 2.42 bits per heavy atom. The lowest BCUT2D eigenvalue weighted by Crippen LogP contribution is -2.12. The Kier molecular flexibility index (Phi) is 5.26. The highest BCUT2D eigenvalue weighted by Crippen LogP contribution is 2.24. The molecule has 1 aliphatic rings. The van der Waals surface area contributed by atoms with Crippen LogP contribution in [0.15, 0.2) is 53.5 Å². The third-order valence-electron chi connectivity index (χ3n) is 4.21. The van der Waals surface area contributed by atoms with Gasteiger partial charge in [-0.3, -0.25) is 9.79 Å². The van der Waals surface area contributed by atoms with Gasteiger partial charge in [-0.05, 0) is 62.1 Å². The molecule has 0 aromatic heterocycles. The largest absolute Gasteiger partial charge is 0.497 e. The zero-order chi connectivity index (χ0) is 16.8. The molecule has 0 aliphatic heterocycles. The third-order valence-corrected chi connectivity index (χ3v) is 4.21. The Bertz CT molecular complexity index is 728. The average molecular weight is 322 g/mol. The lowest BCUT2D eigenvalue weighted by molar-refractivity contribution is 0.102. The van der Waals surface area contributed by atoms with Crippen LogP contribution in [0.1, 0.15) is 42.5 Å². The van der Waals surface area contributed by atoms with Crippen LogP contribution in [0, 0.1) is 0 Å². The van der Waals surface area contributed by atoms with Crippen LogP contribution in [-0.4, -0.2) is 18.7 Å². The first-order valence-electron chi connectivity index (χ1n) is 8.37. The second-order valence-corrected chi connectivity index (χ2v) is 5.94. The summed E-state index contributed by atoms with van der Waals surface area (Å²) in [6.45, 7) is 0. The van der Waals surface area contributed by atoms with Crippen molar-refractivity contribution in [2.75, 3.05) is 12.4 Å². The van der Waals surface area contributed by atoms with Crippen LogP contribution in [0.5, 0.6) is 5.75 Å². The van der Waals surface area contributed by atoms with E-state index in [-0.39, 0.29) is 5.91 Å². The Morgan fingerprint density at radius 2 is 1.71 bits per heavy atom. The number of ether oxygens (including phenoxy) is 1. The number of hydrogen-bond donors (Lipinski definition) is 1. The molecule has 0 saturated heterocycles. The summed E-state index contributed by atoms with van der Waals surface area (Å²) in [6.07, 6.45) is 5.74. The van der Waals surface area contributed by atoms with Gasteiger partial charge >= 0.3 is 0 Å². The van der Waals surface area contributed by atoms with Crippen molar-refractivity contribution in [1.29, 1.82) is 0 Å². The van der Waals surface area contributed by atoms with Crippen LogP contribution in [0.2, 0.25) is 0 Å². The summed E-state index contributed by atoms with van der Waals surface area (Å²) in [5, 5.41) is 2.92. The van der Waals surface area contributed by atoms with Gasteiger partial charge in [-0.15, -0.1) is 0 Å². The molecule has 0 heterocycles. The van der Waals surface area contributed by atoms with E-state index in [9.17, 15) is 4.79 Å². The number of rotatable bonds is 4. The minimum absolute atomic E-state index is 0.143. The van der Waals surface area contributed by atoms with Gasteiger partial charge in [0, 0.05) is 11.4 Å². The van der Waals surface area contributed by atoms with Crippen molar-refractivity contribution in [1.82, 2.24) is 0 Å². The Morgan fingerprint density at radius 1 is 1.00 bits per heavy atom. The second-order valence-electron chi connectivity index (χ2n) is 5.94. The number of nitrogens with one attached hydrogen (secondary N) is 1. The van der Waals surface area contributed by atoms with Gasteiger partial charge in [0.1, 0.15) is 5.75 Å². The SMILES string of the molecule is COc1ccc(NC(=O)c2ccccc2N=C2CCCCC2)cc1. The highest BCUT2D eigenvalue weighted by Gasteiger charge is 2.13. The maximum Gasteiger partial charge on any atom is 0.257 e. The number of nitrogens with zero attached hydrogens (tertiary/aromatic N) is 1. The summed E-state index contributed by atoms with van der Waals surface area (Å²) in [4.78, 5) is 17.4. The molecule has 4 nitrogen and oxygen atoms in total.